The van der Waals surface area contributed by atoms with E-state index in [-0.39, 0.29) is 11.8 Å². The predicted molar refractivity (Wildman–Crippen MR) is 90.7 cm³/mol. The van der Waals surface area contributed by atoms with Gasteiger partial charge in [-0.05, 0) is 36.4 Å². The molecule has 2 aromatic carbocycles. The Bertz CT molecular complexity index is 654. The molecule has 24 heavy (non-hydrogen) atoms. The highest BCUT2D eigenvalue weighted by Gasteiger charge is 2.08. The van der Waals surface area contributed by atoms with E-state index in [1.165, 1.54) is 0 Å². The molecule has 6 heteroatoms. The average Bonchev–Trinajstić information content (AvgIpc) is 2.64. The number of carbonyl (C=O) groups excluding carboxylic acids is 2. The quantitative estimate of drug-likeness (QED) is 0.761. The summed E-state index contributed by atoms with van der Waals surface area (Å²) in [6.45, 7) is 0.650. The van der Waals surface area contributed by atoms with Crippen molar-refractivity contribution in [2.24, 2.45) is 0 Å². The summed E-state index contributed by atoms with van der Waals surface area (Å²) in [5, 5.41) is 5.49. The SMILES string of the molecule is COc1cccc(C(=O)NCCNC(=O)c2cccc(OC)c2)c1. The van der Waals surface area contributed by atoms with Gasteiger partial charge in [-0.2, -0.15) is 0 Å². The molecule has 0 bridgehead atoms. The molecular formula is C18H20N2O4. The van der Waals surface area contributed by atoms with Crippen molar-refractivity contribution in [1.82, 2.24) is 10.6 Å². The standard InChI is InChI=1S/C18H20N2O4/c1-23-15-7-3-5-13(11-15)17(21)19-9-10-20-18(22)14-6-4-8-16(12-14)24-2/h3-8,11-12H,9-10H2,1-2H3,(H,19,21)(H,20,22). The van der Waals surface area contributed by atoms with E-state index in [1.807, 2.05) is 0 Å². The summed E-state index contributed by atoms with van der Waals surface area (Å²) in [4.78, 5) is 24.0. The fourth-order valence-corrected chi connectivity index (χ4v) is 2.08. The number of nitrogens with one attached hydrogen (secondary N) is 2. The lowest BCUT2D eigenvalue weighted by Crippen LogP contribution is -2.34. The van der Waals surface area contributed by atoms with Crippen LogP contribution in [0.1, 0.15) is 20.7 Å². The maximum atomic E-state index is 12.0. The van der Waals surface area contributed by atoms with Crippen molar-refractivity contribution in [3.05, 3.63) is 59.7 Å². The minimum atomic E-state index is -0.218. The Hall–Kier alpha value is -3.02. The largest absolute Gasteiger partial charge is 0.497 e. The molecular weight excluding hydrogens is 308 g/mol. The predicted octanol–water partition coefficient (Wildman–Crippen LogP) is 1.86. The normalized spacial score (nSPS) is 9.92. The van der Waals surface area contributed by atoms with Crippen LogP contribution in [0, 0.1) is 0 Å². The van der Waals surface area contributed by atoms with Crippen LogP contribution in [-0.2, 0) is 0 Å². The zero-order valence-electron chi connectivity index (χ0n) is 13.7. The Labute approximate surface area is 140 Å². The lowest BCUT2D eigenvalue weighted by molar-refractivity contribution is 0.0927. The van der Waals surface area contributed by atoms with Crippen molar-refractivity contribution in [2.75, 3.05) is 27.3 Å². The lowest BCUT2D eigenvalue weighted by Gasteiger charge is -2.08. The number of amides is 2. The Morgan fingerprint density at radius 1 is 0.792 bits per heavy atom. The van der Waals surface area contributed by atoms with Gasteiger partial charge in [0, 0.05) is 24.2 Å². The highest BCUT2D eigenvalue weighted by atomic mass is 16.5. The van der Waals surface area contributed by atoms with Gasteiger partial charge in [-0.1, -0.05) is 12.1 Å². The summed E-state index contributed by atoms with van der Waals surface area (Å²) in [6.07, 6.45) is 0. The highest BCUT2D eigenvalue weighted by Crippen LogP contribution is 2.13. The first-order valence-electron chi connectivity index (χ1n) is 7.48. The number of rotatable bonds is 7. The molecule has 0 radical (unpaired) electrons. The molecule has 2 aromatic rings. The molecule has 0 aliphatic rings. The Morgan fingerprint density at radius 3 is 1.58 bits per heavy atom. The smallest absolute Gasteiger partial charge is 0.251 e. The Morgan fingerprint density at radius 2 is 1.21 bits per heavy atom. The number of methoxy groups -OCH3 is 2. The topological polar surface area (TPSA) is 76.7 Å². The molecule has 2 N–H and O–H groups in total. The molecule has 2 amide bonds. The van der Waals surface area contributed by atoms with Crippen molar-refractivity contribution in [1.29, 1.82) is 0 Å². The van der Waals surface area contributed by atoms with E-state index >= 15 is 0 Å². The Balaban J connectivity index is 1.79. The van der Waals surface area contributed by atoms with Crippen LogP contribution < -0.4 is 20.1 Å². The van der Waals surface area contributed by atoms with E-state index < -0.39 is 0 Å². The van der Waals surface area contributed by atoms with Gasteiger partial charge in [0.05, 0.1) is 14.2 Å². The van der Waals surface area contributed by atoms with Gasteiger partial charge in [0.2, 0.25) is 0 Å². The molecule has 0 unspecified atom stereocenters. The van der Waals surface area contributed by atoms with E-state index in [2.05, 4.69) is 10.6 Å². The van der Waals surface area contributed by atoms with Gasteiger partial charge in [0.15, 0.2) is 0 Å². The van der Waals surface area contributed by atoms with Gasteiger partial charge in [-0.3, -0.25) is 9.59 Å². The second-order valence-electron chi connectivity index (χ2n) is 4.98. The molecule has 126 valence electrons. The maximum absolute atomic E-state index is 12.0. The molecule has 0 aromatic heterocycles. The minimum absolute atomic E-state index is 0.218. The third-order valence-electron chi connectivity index (χ3n) is 3.36. The average molecular weight is 328 g/mol. The first-order valence-corrected chi connectivity index (χ1v) is 7.48. The van der Waals surface area contributed by atoms with Gasteiger partial charge in [0.1, 0.15) is 11.5 Å². The Kier molecular flexibility index (Phi) is 6.19. The van der Waals surface area contributed by atoms with Crippen LogP contribution in [-0.4, -0.2) is 39.1 Å². The van der Waals surface area contributed by atoms with Crippen LogP contribution in [0.25, 0.3) is 0 Å². The van der Waals surface area contributed by atoms with E-state index in [4.69, 9.17) is 9.47 Å². The van der Waals surface area contributed by atoms with Crippen LogP contribution in [0.15, 0.2) is 48.5 Å². The molecule has 0 atom stereocenters. The second-order valence-corrected chi connectivity index (χ2v) is 4.98. The fourth-order valence-electron chi connectivity index (χ4n) is 2.08. The minimum Gasteiger partial charge on any atom is -0.497 e. The number of hydrogen-bond donors (Lipinski definition) is 2. The molecule has 0 saturated carbocycles. The van der Waals surface area contributed by atoms with Crippen LogP contribution >= 0.6 is 0 Å². The molecule has 0 fully saturated rings. The summed E-state index contributed by atoms with van der Waals surface area (Å²) in [6, 6.07) is 13.8. The first-order chi connectivity index (χ1) is 11.6. The summed E-state index contributed by atoms with van der Waals surface area (Å²) >= 11 is 0. The van der Waals surface area contributed by atoms with E-state index in [0.717, 1.165) is 0 Å². The van der Waals surface area contributed by atoms with Crippen LogP contribution in [0.4, 0.5) is 0 Å². The lowest BCUT2D eigenvalue weighted by atomic mass is 10.2. The summed E-state index contributed by atoms with van der Waals surface area (Å²) in [5.41, 5.74) is 1.02. The van der Waals surface area contributed by atoms with Gasteiger partial charge in [-0.25, -0.2) is 0 Å². The van der Waals surface area contributed by atoms with Crippen LogP contribution in [0.5, 0.6) is 11.5 Å². The third kappa shape index (κ3) is 4.74. The maximum Gasteiger partial charge on any atom is 0.251 e. The molecule has 2 rings (SSSR count). The highest BCUT2D eigenvalue weighted by molar-refractivity contribution is 5.95. The molecule has 0 aliphatic carbocycles. The molecule has 0 spiro atoms. The summed E-state index contributed by atoms with van der Waals surface area (Å²) < 4.78 is 10.2. The van der Waals surface area contributed by atoms with Crippen molar-refractivity contribution in [2.45, 2.75) is 0 Å². The van der Waals surface area contributed by atoms with Crippen molar-refractivity contribution < 1.29 is 19.1 Å². The number of benzene rings is 2. The zero-order chi connectivity index (χ0) is 17.4. The second kappa shape index (κ2) is 8.57. The van der Waals surface area contributed by atoms with E-state index in [0.29, 0.717) is 35.7 Å². The van der Waals surface area contributed by atoms with Crippen molar-refractivity contribution in [3.63, 3.8) is 0 Å². The van der Waals surface area contributed by atoms with Crippen molar-refractivity contribution in [3.8, 4) is 11.5 Å². The van der Waals surface area contributed by atoms with Crippen LogP contribution in [0.2, 0.25) is 0 Å². The van der Waals surface area contributed by atoms with Crippen molar-refractivity contribution >= 4 is 11.8 Å². The third-order valence-corrected chi connectivity index (χ3v) is 3.36. The van der Waals surface area contributed by atoms with Gasteiger partial charge >= 0.3 is 0 Å². The molecule has 0 heterocycles. The van der Waals surface area contributed by atoms with Gasteiger partial charge in [-0.15, -0.1) is 0 Å². The van der Waals surface area contributed by atoms with Crippen LogP contribution in [0.3, 0.4) is 0 Å². The first kappa shape index (κ1) is 17.3. The monoisotopic (exact) mass is 328 g/mol. The van der Waals surface area contributed by atoms with E-state index in [9.17, 15) is 9.59 Å². The molecule has 0 saturated heterocycles. The fraction of sp³-hybridized carbons (Fsp3) is 0.222. The van der Waals surface area contributed by atoms with Gasteiger partial charge < -0.3 is 20.1 Å². The zero-order valence-corrected chi connectivity index (χ0v) is 13.7. The number of hydrogen-bond acceptors (Lipinski definition) is 4. The summed E-state index contributed by atoms with van der Waals surface area (Å²) in [5.74, 6) is 0.803. The van der Waals surface area contributed by atoms with Gasteiger partial charge in [0.25, 0.3) is 11.8 Å². The molecule has 0 aliphatic heterocycles. The molecule has 6 nitrogen and oxygen atoms in total. The van der Waals surface area contributed by atoms with E-state index in [1.54, 1.807) is 62.8 Å². The number of carbonyl (C=O) groups is 2. The summed E-state index contributed by atoms with van der Waals surface area (Å²) in [7, 11) is 3.09. The number of ether oxygens (including phenoxy) is 2.